The van der Waals surface area contributed by atoms with Crippen molar-refractivity contribution < 1.29 is 23.7 Å². The molecule has 0 aliphatic carbocycles. The monoisotopic (exact) mass is 387 g/mol. The van der Waals surface area contributed by atoms with Crippen molar-refractivity contribution in [3.8, 4) is 23.0 Å². The first-order chi connectivity index (χ1) is 13.7. The molecule has 2 aromatic rings. The van der Waals surface area contributed by atoms with Gasteiger partial charge in [0.2, 0.25) is 0 Å². The van der Waals surface area contributed by atoms with Gasteiger partial charge in [-0.1, -0.05) is 13.3 Å². The molecule has 1 N–H and O–H groups in total. The zero-order valence-electron chi connectivity index (χ0n) is 16.8. The second-order valence-electron chi connectivity index (χ2n) is 6.03. The Morgan fingerprint density at radius 3 is 2.11 bits per heavy atom. The lowest BCUT2D eigenvalue weighted by molar-refractivity contribution is -0.118. The van der Waals surface area contributed by atoms with Crippen molar-refractivity contribution in [1.82, 2.24) is 0 Å². The Kier molecular flexibility index (Phi) is 8.98. The lowest BCUT2D eigenvalue weighted by Crippen LogP contribution is -2.20. The summed E-state index contributed by atoms with van der Waals surface area (Å²) in [4.78, 5) is 12.3. The highest BCUT2D eigenvalue weighted by atomic mass is 16.5. The van der Waals surface area contributed by atoms with E-state index in [0.29, 0.717) is 42.8 Å². The molecule has 28 heavy (non-hydrogen) atoms. The van der Waals surface area contributed by atoms with Crippen molar-refractivity contribution in [1.29, 1.82) is 0 Å². The molecule has 0 unspecified atom stereocenters. The highest BCUT2D eigenvalue weighted by Crippen LogP contribution is 2.29. The number of amides is 1. The van der Waals surface area contributed by atoms with Crippen LogP contribution in [0.1, 0.15) is 33.6 Å². The van der Waals surface area contributed by atoms with E-state index in [1.165, 1.54) is 0 Å². The smallest absolute Gasteiger partial charge is 0.262 e. The molecule has 0 spiro atoms. The summed E-state index contributed by atoms with van der Waals surface area (Å²) in [5.74, 6) is 2.37. The average Bonchev–Trinajstić information content (AvgIpc) is 2.70. The van der Waals surface area contributed by atoms with Crippen LogP contribution < -0.4 is 24.3 Å². The summed E-state index contributed by atoms with van der Waals surface area (Å²) in [6.45, 7) is 7.55. The van der Waals surface area contributed by atoms with Gasteiger partial charge in [-0.2, -0.15) is 0 Å². The summed E-state index contributed by atoms with van der Waals surface area (Å²) in [6.07, 6.45) is 2.11. The standard InChI is InChI=1S/C22H29NO5/c1-4-7-14-27-17-8-10-18(11-9-17)28-16-22(24)23-20-15-19(25-5-2)12-13-21(20)26-6-3/h8-13,15H,4-7,14,16H2,1-3H3,(H,23,24). The van der Waals surface area contributed by atoms with Crippen molar-refractivity contribution in [2.45, 2.75) is 33.6 Å². The Morgan fingerprint density at radius 1 is 0.821 bits per heavy atom. The molecule has 6 heteroatoms. The van der Waals surface area contributed by atoms with Gasteiger partial charge in [-0.3, -0.25) is 4.79 Å². The van der Waals surface area contributed by atoms with Crippen LogP contribution in [0, 0.1) is 0 Å². The first-order valence-corrected chi connectivity index (χ1v) is 9.71. The number of rotatable bonds is 12. The summed E-state index contributed by atoms with van der Waals surface area (Å²) < 4.78 is 22.2. The molecule has 0 atom stereocenters. The van der Waals surface area contributed by atoms with Crippen LogP contribution >= 0.6 is 0 Å². The molecular weight excluding hydrogens is 358 g/mol. The molecule has 0 aliphatic heterocycles. The molecular formula is C22H29NO5. The minimum Gasteiger partial charge on any atom is -0.494 e. The maximum absolute atomic E-state index is 12.3. The van der Waals surface area contributed by atoms with E-state index in [1.807, 2.05) is 32.0 Å². The number of ether oxygens (including phenoxy) is 4. The lowest BCUT2D eigenvalue weighted by Gasteiger charge is -2.14. The second kappa shape index (κ2) is 11.7. The van der Waals surface area contributed by atoms with Gasteiger partial charge in [0.05, 0.1) is 25.5 Å². The predicted octanol–water partition coefficient (Wildman–Crippen LogP) is 4.68. The normalized spacial score (nSPS) is 10.2. The summed E-state index contributed by atoms with van der Waals surface area (Å²) in [7, 11) is 0. The van der Waals surface area contributed by atoms with E-state index in [-0.39, 0.29) is 12.5 Å². The molecule has 6 nitrogen and oxygen atoms in total. The fourth-order valence-corrected chi connectivity index (χ4v) is 2.45. The summed E-state index contributed by atoms with van der Waals surface area (Å²) in [6, 6.07) is 12.6. The van der Waals surface area contributed by atoms with Gasteiger partial charge in [-0.15, -0.1) is 0 Å². The van der Waals surface area contributed by atoms with Crippen molar-refractivity contribution in [3.05, 3.63) is 42.5 Å². The van der Waals surface area contributed by atoms with E-state index >= 15 is 0 Å². The largest absolute Gasteiger partial charge is 0.494 e. The summed E-state index contributed by atoms with van der Waals surface area (Å²) >= 11 is 0. The highest BCUT2D eigenvalue weighted by Gasteiger charge is 2.10. The lowest BCUT2D eigenvalue weighted by atomic mass is 10.2. The zero-order valence-corrected chi connectivity index (χ0v) is 16.8. The van der Waals surface area contributed by atoms with Gasteiger partial charge in [0.25, 0.3) is 5.91 Å². The molecule has 0 radical (unpaired) electrons. The van der Waals surface area contributed by atoms with Gasteiger partial charge in [0.15, 0.2) is 6.61 Å². The van der Waals surface area contributed by atoms with Gasteiger partial charge >= 0.3 is 0 Å². The minimum atomic E-state index is -0.280. The molecule has 0 saturated heterocycles. The third-order valence-electron chi connectivity index (χ3n) is 3.80. The van der Waals surface area contributed by atoms with E-state index in [2.05, 4.69) is 12.2 Å². The molecule has 0 aliphatic rings. The van der Waals surface area contributed by atoms with E-state index in [9.17, 15) is 4.79 Å². The molecule has 2 rings (SSSR count). The molecule has 152 valence electrons. The Balaban J connectivity index is 1.90. The quantitative estimate of drug-likeness (QED) is 0.536. The van der Waals surface area contributed by atoms with Crippen molar-refractivity contribution >= 4 is 11.6 Å². The number of unbranched alkanes of at least 4 members (excludes halogenated alkanes) is 1. The van der Waals surface area contributed by atoms with E-state index in [0.717, 1.165) is 18.6 Å². The summed E-state index contributed by atoms with van der Waals surface area (Å²) in [5, 5.41) is 2.82. The third-order valence-corrected chi connectivity index (χ3v) is 3.80. The van der Waals surface area contributed by atoms with Crippen LogP contribution in [-0.2, 0) is 4.79 Å². The molecule has 0 bridgehead atoms. The fraction of sp³-hybridized carbons (Fsp3) is 0.409. The molecule has 0 fully saturated rings. The molecule has 0 heterocycles. The second-order valence-corrected chi connectivity index (χ2v) is 6.03. The fourth-order valence-electron chi connectivity index (χ4n) is 2.45. The first-order valence-electron chi connectivity index (χ1n) is 9.71. The van der Waals surface area contributed by atoms with Crippen LogP contribution in [0.2, 0.25) is 0 Å². The van der Waals surface area contributed by atoms with Crippen molar-refractivity contribution in [2.24, 2.45) is 0 Å². The number of carbonyl (C=O) groups excluding carboxylic acids is 1. The van der Waals surface area contributed by atoms with Crippen LogP contribution in [0.25, 0.3) is 0 Å². The van der Waals surface area contributed by atoms with Crippen molar-refractivity contribution in [2.75, 3.05) is 31.7 Å². The van der Waals surface area contributed by atoms with Gasteiger partial charge in [0, 0.05) is 6.07 Å². The van der Waals surface area contributed by atoms with Gasteiger partial charge in [0.1, 0.15) is 23.0 Å². The number of hydrogen-bond donors (Lipinski definition) is 1. The number of benzene rings is 2. The van der Waals surface area contributed by atoms with Crippen LogP contribution in [0.3, 0.4) is 0 Å². The van der Waals surface area contributed by atoms with Crippen LogP contribution in [0.15, 0.2) is 42.5 Å². The van der Waals surface area contributed by atoms with E-state index in [4.69, 9.17) is 18.9 Å². The maximum Gasteiger partial charge on any atom is 0.262 e. The van der Waals surface area contributed by atoms with Gasteiger partial charge in [-0.05, 0) is 56.7 Å². The zero-order chi connectivity index (χ0) is 20.2. The van der Waals surface area contributed by atoms with Crippen molar-refractivity contribution in [3.63, 3.8) is 0 Å². The Bertz CT molecular complexity index is 730. The molecule has 0 aromatic heterocycles. The Morgan fingerprint density at radius 2 is 1.46 bits per heavy atom. The molecule has 1 amide bonds. The topological polar surface area (TPSA) is 66.0 Å². The number of hydrogen-bond acceptors (Lipinski definition) is 5. The highest BCUT2D eigenvalue weighted by molar-refractivity contribution is 5.93. The average molecular weight is 387 g/mol. The minimum absolute atomic E-state index is 0.111. The third kappa shape index (κ3) is 7.02. The number of nitrogens with one attached hydrogen (secondary N) is 1. The summed E-state index contributed by atoms with van der Waals surface area (Å²) in [5.41, 5.74) is 0.557. The SMILES string of the molecule is CCCCOc1ccc(OCC(=O)Nc2cc(OCC)ccc2OCC)cc1. The number of anilines is 1. The number of carbonyl (C=O) groups is 1. The first kappa shape index (κ1) is 21.4. The Hall–Kier alpha value is -2.89. The predicted molar refractivity (Wildman–Crippen MR) is 110 cm³/mol. The van der Waals surface area contributed by atoms with E-state index in [1.54, 1.807) is 24.3 Å². The Labute approximate surface area is 166 Å². The molecule has 2 aromatic carbocycles. The van der Waals surface area contributed by atoms with Gasteiger partial charge in [-0.25, -0.2) is 0 Å². The van der Waals surface area contributed by atoms with Crippen LogP contribution in [-0.4, -0.2) is 32.3 Å². The van der Waals surface area contributed by atoms with Gasteiger partial charge < -0.3 is 24.3 Å². The molecule has 0 saturated carbocycles. The maximum atomic E-state index is 12.3. The van der Waals surface area contributed by atoms with Crippen LogP contribution in [0.4, 0.5) is 5.69 Å². The van der Waals surface area contributed by atoms with Crippen LogP contribution in [0.5, 0.6) is 23.0 Å². The van der Waals surface area contributed by atoms with E-state index < -0.39 is 0 Å².